The summed E-state index contributed by atoms with van der Waals surface area (Å²) in [6.45, 7) is 0.405. The molecule has 1 aliphatic rings. The molecule has 2 N–H and O–H groups in total. The highest BCUT2D eigenvalue weighted by Crippen LogP contribution is 2.32. The van der Waals surface area contributed by atoms with Gasteiger partial charge in [0.2, 0.25) is 10.0 Å². The second kappa shape index (κ2) is 8.08. The molecule has 1 aromatic heterocycles. The molecule has 0 saturated carbocycles. The Hall–Kier alpha value is -2.73. The van der Waals surface area contributed by atoms with Gasteiger partial charge in [0.05, 0.1) is 4.90 Å². The molecule has 0 unspecified atom stereocenters. The maximum Gasteiger partial charge on any atom is 0.271 e. The third-order valence-corrected chi connectivity index (χ3v) is 9.08. The highest BCUT2D eigenvalue weighted by atomic mass is 32.2. The van der Waals surface area contributed by atoms with Crippen LogP contribution in [0.25, 0.3) is 0 Å². The van der Waals surface area contributed by atoms with Gasteiger partial charge in [0, 0.05) is 23.5 Å². The molecular formula is C20H19N3O5S3. The van der Waals surface area contributed by atoms with Gasteiger partial charge in [-0.15, -0.1) is 11.3 Å². The predicted molar refractivity (Wildman–Crippen MR) is 120 cm³/mol. The lowest BCUT2D eigenvalue weighted by Gasteiger charge is -2.18. The van der Waals surface area contributed by atoms with Gasteiger partial charge in [-0.05, 0) is 66.9 Å². The first kappa shape index (κ1) is 21.5. The van der Waals surface area contributed by atoms with E-state index in [1.165, 1.54) is 25.2 Å². The molecule has 4 rings (SSSR count). The second-order valence-corrected chi connectivity index (χ2v) is 11.6. The van der Waals surface area contributed by atoms with Gasteiger partial charge in [0.1, 0.15) is 4.21 Å². The third-order valence-electron chi connectivity index (χ3n) is 4.89. The summed E-state index contributed by atoms with van der Waals surface area (Å²) in [4.78, 5) is 14.8. The maximum absolute atomic E-state index is 13.1. The van der Waals surface area contributed by atoms with E-state index in [-0.39, 0.29) is 20.7 Å². The lowest BCUT2D eigenvalue weighted by atomic mass is 10.1. The van der Waals surface area contributed by atoms with E-state index in [1.807, 2.05) is 0 Å². The molecule has 2 aromatic carbocycles. The molecule has 0 aliphatic carbocycles. The summed E-state index contributed by atoms with van der Waals surface area (Å²) in [5, 5.41) is 1.67. The number of benzene rings is 2. The van der Waals surface area contributed by atoms with Crippen molar-refractivity contribution in [2.24, 2.45) is 0 Å². The number of carbonyl (C=O) groups is 1. The summed E-state index contributed by atoms with van der Waals surface area (Å²) < 4.78 is 53.9. The van der Waals surface area contributed by atoms with E-state index in [9.17, 15) is 21.6 Å². The third kappa shape index (κ3) is 4.22. The van der Waals surface area contributed by atoms with E-state index in [2.05, 4.69) is 9.44 Å². The van der Waals surface area contributed by atoms with Crippen molar-refractivity contribution in [3.8, 4) is 0 Å². The fourth-order valence-corrected chi connectivity index (χ4v) is 6.19. The molecule has 1 amide bonds. The minimum atomic E-state index is -3.72. The van der Waals surface area contributed by atoms with Crippen molar-refractivity contribution in [3.05, 3.63) is 71.1 Å². The van der Waals surface area contributed by atoms with Crippen molar-refractivity contribution < 1.29 is 21.6 Å². The highest BCUT2D eigenvalue weighted by Gasteiger charge is 2.27. The maximum atomic E-state index is 13.1. The van der Waals surface area contributed by atoms with Crippen LogP contribution in [0.2, 0.25) is 0 Å². The van der Waals surface area contributed by atoms with Gasteiger partial charge < -0.3 is 4.90 Å². The number of nitrogens with one attached hydrogen (secondary N) is 2. The van der Waals surface area contributed by atoms with E-state index in [0.29, 0.717) is 24.2 Å². The van der Waals surface area contributed by atoms with Crippen LogP contribution in [0.1, 0.15) is 15.9 Å². The Kier molecular flexibility index (Phi) is 5.60. The van der Waals surface area contributed by atoms with Crippen molar-refractivity contribution in [1.29, 1.82) is 0 Å². The van der Waals surface area contributed by atoms with Crippen LogP contribution in [0.4, 0.5) is 11.4 Å². The number of anilines is 2. The number of sulfonamides is 2. The zero-order valence-electron chi connectivity index (χ0n) is 16.4. The minimum absolute atomic E-state index is 0.146. The van der Waals surface area contributed by atoms with Gasteiger partial charge >= 0.3 is 0 Å². The Morgan fingerprint density at radius 2 is 1.81 bits per heavy atom. The summed E-state index contributed by atoms with van der Waals surface area (Å²) in [7, 11) is -5.94. The first-order valence-electron chi connectivity index (χ1n) is 9.26. The van der Waals surface area contributed by atoms with Gasteiger partial charge in [-0.3, -0.25) is 9.52 Å². The van der Waals surface area contributed by atoms with Gasteiger partial charge in [0.25, 0.3) is 15.9 Å². The quantitative estimate of drug-likeness (QED) is 0.567. The molecule has 31 heavy (non-hydrogen) atoms. The van der Waals surface area contributed by atoms with Crippen molar-refractivity contribution in [1.82, 2.24) is 4.72 Å². The molecule has 0 bridgehead atoms. The number of thiophene rings is 1. The molecule has 11 heteroatoms. The Balaban J connectivity index is 1.59. The van der Waals surface area contributed by atoms with Crippen molar-refractivity contribution in [2.75, 3.05) is 23.2 Å². The van der Waals surface area contributed by atoms with Gasteiger partial charge in [-0.1, -0.05) is 12.1 Å². The van der Waals surface area contributed by atoms with E-state index in [1.54, 1.807) is 46.7 Å². The molecule has 3 aromatic rings. The molecule has 162 valence electrons. The van der Waals surface area contributed by atoms with Crippen LogP contribution in [-0.4, -0.2) is 36.3 Å². The van der Waals surface area contributed by atoms with Crippen LogP contribution in [0.5, 0.6) is 0 Å². The summed E-state index contributed by atoms with van der Waals surface area (Å²) in [5.74, 6) is -0.292. The fraction of sp³-hybridized carbons (Fsp3) is 0.150. The highest BCUT2D eigenvalue weighted by molar-refractivity contribution is 7.94. The van der Waals surface area contributed by atoms with Crippen LogP contribution >= 0.6 is 11.3 Å². The summed E-state index contributed by atoms with van der Waals surface area (Å²) in [6.07, 6.45) is 0.527. The molecule has 0 saturated heterocycles. The van der Waals surface area contributed by atoms with Crippen molar-refractivity contribution >= 4 is 48.7 Å². The predicted octanol–water partition coefficient (Wildman–Crippen LogP) is 2.66. The molecule has 0 spiro atoms. The molecule has 2 heterocycles. The molecule has 0 fully saturated rings. The average molecular weight is 478 g/mol. The number of hydrogen-bond acceptors (Lipinski definition) is 6. The molecule has 0 radical (unpaired) electrons. The standard InChI is InChI=1S/C20H19N3O5S3/c1-21-30(25,26)17-7-8-18-14(13-17)9-10-23(18)20(24)15-4-2-5-16(12-15)22-31(27,28)19-6-3-11-29-19/h2-8,11-13,21-22H,9-10H2,1H3. The lowest BCUT2D eigenvalue weighted by molar-refractivity contribution is 0.0989. The number of hydrogen-bond donors (Lipinski definition) is 2. The number of amides is 1. The SMILES string of the molecule is CNS(=O)(=O)c1ccc2c(c1)CCN2C(=O)c1cccc(NS(=O)(=O)c2cccs2)c1. The fourth-order valence-electron chi connectivity index (χ4n) is 3.37. The Bertz CT molecular complexity index is 1350. The van der Waals surface area contributed by atoms with Crippen molar-refractivity contribution in [3.63, 3.8) is 0 Å². The normalized spacial score (nSPS) is 13.8. The first-order chi connectivity index (χ1) is 14.7. The summed E-state index contributed by atoms with van der Waals surface area (Å²) in [5.41, 5.74) is 2.02. The topological polar surface area (TPSA) is 113 Å². The van der Waals surface area contributed by atoms with E-state index in [0.717, 1.165) is 16.9 Å². The number of nitrogens with zero attached hydrogens (tertiary/aromatic N) is 1. The number of carbonyl (C=O) groups excluding carboxylic acids is 1. The second-order valence-electron chi connectivity index (χ2n) is 6.82. The average Bonchev–Trinajstić information content (AvgIpc) is 3.43. The minimum Gasteiger partial charge on any atom is -0.308 e. The van der Waals surface area contributed by atoms with Crippen LogP contribution in [0.15, 0.2) is 69.1 Å². The van der Waals surface area contributed by atoms with E-state index >= 15 is 0 Å². The molecule has 1 aliphatic heterocycles. The van der Waals surface area contributed by atoms with Crippen LogP contribution in [-0.2, 0) is 26.5 Å². The number of fused-ring (bicyclic) bond motifs is 1. The van der Waals surface area contributed by atoms with Crippen LogP contribution in [0, 0.1) is 0 Å². The monoisotopic (exact) mass is 477 g/mol. The lowest BCUT2D eigenvalue weighted by Crippen LogP contribution is -2.29. The van der Waals surface area contributed by atoms with E-state index in [4.69, 9.17) is 0 Å². The zero-order valence-corrected chi connectivity index (χ0v) is 18.9. The van der Waals surface area contributed by atoms with Crippen LogP contribution < -0.4 is 14.3 Å². The first-order valence-corrected chi connectivity index (χ1v) is 13.1. The molecular weight excluding hydrogens is 458 g/mol. The van der Waals surface area contributed by atoms with Gasteiger partial charge in [-0.25, -0.2) is 21.6 Å². The van der Waals surface area contributed by atoms with Crippen LogP contribution in [0.3, 0.4) is 0 Å². The van der Waals surface area contributed by atoms with Gasteiger partial charge in [0.15, 0.2) is 0 Å². The smallest absolute Gasteiger partial charge is 0.271 e. The van der Waals surface area contributed by atoms with Crippen molar-refractivity contribution in [2.45, 2.75) is 15.5 Å². The Morgan fingerprint density at radius 3 is 2.52 bits per heavy atom. The molecule has 8 nitrogen and oxygen atoms in total. The Morgan fingerprint density at radius 1 is 1.00 bits per heavy atom. The summed E-state index contributed by atoms with van der Waals surface area (Å²) in [6, 6.07) is 14.1. The van der Waals surface area contributed by atoms with E-state index < -0.39 is 20.0 Å². The van der Waals surface area contributed by atoms with Gasteiger partial charge in [-0.2, -0.15) is 0 Å². The summed E-state index contributed by atoms with van der Waals surface area (Å²) >= 11 is 1.10. The molecule has 0 atom stereocenters. The number of rotatable bonds is 6. The zero-order chi connectivity index (χ0) is 22.2. The Labute approximate surface area is 184 Å². The largest absolute Gasteiger partial charge is 0.308 e.